The van der Waals surface area contributed by atoms with Crippen molar-refractivity contribution in [2.24, 2.45) is 0 Å². The first-order valence-electron chi connectivity index (χ1n) is 3.86. The highest BCUT2D eigenvalue weighted by Crippen LogP contribution is 2.11. The van der Waals surface area contributed by atoms with Crippen molar-refractivity contribution in [3.63, 3.8) is 0 Å². The number of rotatable bonds is 4. The van der Waals surface area contributed by atoms with Crippen LogP contribution in [0.2, 0.25) is 5.15 Å². The highest BCUT2D eigenvalue weighted by molar-refractivity contribution is 9.11. The summed E-state index contributed by atoms with van der Waals surface area (Å²) in [5, 5.41) is 0.249. The van der Waals surface area contributed by atoms with E-state index in [1.54, 1.807) is 0 Å². The van der Waals surface area contributed by atoms with Gasteiger partial charge >= 0.3 is 0 Å². The number of aromatic nitrogens is 1. The van der Waals surface area contributed by atoms with Crippen molar-refractivity contribution in [1.82, 2.24) is 9.71 Å². The first-order chi connectivity index (χ1) is 6.92. The van der Waals surface area contributed by atoms with Gasteiger partial charge in [0.1, 0.15) is 10.0 Å². The zero-order valence-electron chi connectivity index (χ0n) is 7.57. The second-order valence-electron chi connectivity index (χ2n) is 2.66. The molecule has 0 spiro atoms. The SMILES string of the molecule is C=C(Br)CNS(=O)(=O)c1ccc(Cl)nc1. The monoisotopic (exact) mass is 310 g/mol. The molecule has 4 nitrogen and oxygen atoms in total. The van der Waals surface area contributed by atoms with E-state index >= 15 is 0 Å². The molecule has 0 aliphatic heterocycles. The molecule has 1 rings (SSSR count). The maximum atomic E-state index is 11.6. The fourth-order valence-corrected chi connectivity index (χ4v) is 2.19. The van der Waals surface area contributed by atoms with Gasteiger partial charge in [0.05, 0.1) is 0 Å². The van der Waals surface area contributed by atoms with Gasteiger partial charge in [-0.1, -0.05) is 34.1 Å². The van der Waals surface area contributed by atoms with Gasteiger partial charge in [-0.05, 0) is 12.1 Å². The van der Waals surface area contributed by atoms with Crippen molar-refractivity contribution in [2.45, 2.75) is 4.90 Å². The van der Waals surface area contributed by atoms with Crippen LogP contribution < -0.4 is 4.72 Å². The molecular formula is C8H8BrClN2O2S. The van der Waals surface area contributed by atoms with E-state index in [1.807, 2.05) is 0 Å². The number of halogens is 2. The predicted octanol–water partition coefficient (Wildman–Crippen LogP) is 1.92. The Morgan fingerprint density at radius 2 is 2.27 bits per heavy atom. The van der Waals surface area contributed by atoms with Crippen LogP contribution in [0.1, 0.15) is 0 Å². The molecule has 0 saturated heterocycles. The highest BCUT2D eigenvalue weighted by atomic mass is 79.9. The molecule has 0 saturated carbocycles. The van der Waals surface area contributed by atoms with E-state index in [0.717, 1.165) is 0 Å². The third-order valence-corrected chi connectivity index (χ3v) is 3.35. The molecule has 0 aliphatic carbocycles. The Labute approximate surface area is 102 Å². The van der Waals surface area contributed by atoms with E-state index in [0.29, 0.717) is 4.48 Å². The van der Waals surface area contributed by atoms with Crippen LogP contribution in [-0.4, -0.2) is 19.9 Å². The molecule has 82 valence electrons. The minimum Gasteiger partial charge on any atom is -0.243 e. The average Bonchev–Trinajstić information content (AvgIpc) is 2.16. The van der Waals surface area contributed by atoms with E-state index in [2.05, 4.69) is 32.2 Å². The van der Waals surface area contributed by atoms with E-state index in [1.165, 1.54) is 18.3 Å². The second kappa shape index (κ2) is 5.07. The number of hydrogen-bond donors (Lipinski definition) is 1. The summed E-state index contributed by atoms with van der Waals surface area (Å²) < 4.78 is 26.1. The fraction of sp³-hybridized carbons (Fsp3) is 0.125. The van der Waals surface area contributed by atoms with Crippen LogP contribution in [0.4, 0.5) is 0 Å². The van der Waals surface area contributed by atoms with Gasteiger partial charge in [-0.2, -0.15) is 0 Å². The predicted molar refractivity (Wildman–Crippen MR) is 62.5 cm³/mol. The number of nitrogens with zero attached hydrogens (tertiary/aromatic N) is 1. The molecule has 1 aromatic rings. The summed E-state index contributed by atoms with van der Waals surface area (Å²) in [6.07, 6.45) is 1.20. The third-order valence-electron chi connectivity index (χ3n) is 1.46. The molecule has 0 aliphatic rings. The number of nitrogens with one attached hydrogen (secondary N) is 1. The Hall–Kier alpha value is -0.430. The summed E-state index contributed by atoms with van der Waals surface area (Å²) in [6.45, 7) is 3.65. The van der Waals surface area contributed by atoms with Crippen LogP contribution in [0, 0.1) is 0 Å². The Morgan fingerprint density at radius 1 is 1.60 bits per heavy atom. The zero-order chi connectivity index (χ0) is 11.5. The van der Waals surface area contributed by atoms with Crippen molar-refractivity contribution in [1.29, 1.82) is 0 Å². The van der Waals surface area contributed by atoms with Gasteiger partial charge in [0.2, 0.25) is 10.0 Å². The van der Waals surface area contributed by atoms with Crippen LogP contribution in [-0.2, 0) is 10.0 Å². The number of hydrogen-bond acceptors (Lipinski definition) is 3. The highest BCUT2D eigenvalue weighted by Gasteiger charge is 2.13. The van der Waals surface area contributed by atoms with Crippen molar-refractivity contribution in [3.05, 3.63) is 34.5 Å². The third kappa shape index (κ3) is 3.90. The topological polar surface area (TPSA) is 59.1 Å². The van der Waals surface area contributed by atoms with Crippen LogP contribution in [0.5, 0.6) is 0 Å². The molecule has 0 fully saturated rings. The molecule has 1 heterocycles. The van der Waals surface area contributed by atoms with Crippen molar-refractivity contribution in [3.8, 4) is 0 Å². The summed E-state index contributed by atoms with van der Waals surface area (Å²) in [7, 11) is -3.53. The Kier molecular flexibility index (Phi) is 4.27. The van der Waals surface area contributed by atoms with Gasteiger partial charge in [-0.3, -0.25) is 0 Å². The molecule has 0 atom stereocenters. The van der Waals surface area contributed by atoms with E-state index in [9.17, 15) is 8.42 Å². The quantitative estimate of drug-likeness (QED) is 0.864. The molecule has 0 unspecified atom stereocenters. The number of sulfonamides is 1. The molecule has 15 heavy (non-hydrogen) atoms. The van der Waals surface area contributed by atoms with Crippen molar-refractivity contribution in [2.75, 3.05) is 6.54 Å². The fourth-order valence-electron chi connectivity index (χ4n) is 0.778. The lowest BCUT2D eigenvalue weighted by Crippen LogP contribution is -2.24. The standard InChI is InChI=1S/C8H8BrClN2O2S/c1-6(9)4-12-15(13,14)7-2-3-8(10)11-5-7/h2-3,5,12H,1,4H2. The van der Waals surface area contributed by atoms with E-state index in [-0.39, 0.29) is 16.6 Å². The molecular weight excluding hydrogens is 304 g/mol. The van der Waals surface area contributed by atoms with Crippen LogP contribution in [0.25, 0.3) is 0 Å². The summed E-state index contributed by atoms with van der Waals surface area (Å²) in [4.78, 5) is 3.75. The zero-order valence-corrected chi connectivity index (χ0v) is 10.7. The number of pyridine rings is 1. The normalized spacial score (nSPS) is 11.3. The lowest BCUT2D eigenvalue weighted by molar-refractivity contribution is 0.585. The van der Waals surface area contributed by atoms with Gasteiger partial charge in [0, 0.05) is 17.2 Å². The minimum absolute atomic E-state index is 0.0700. The lowest BCUT2D eigenvalue weighted by atomic mass is 10.5. The molecule has 1 N–H and O–H groups in total. The molecule has 1 aromatic heterocycles. The smallest absolute Gasteiger partial charge is 0.242 e. The van der Waals surface area contributed by atoms with Gasteiger partial charge in [0.15, 0.2) is 0 Å². The van der Waals surface area contributed by atoms with Crippen LogP contribution in [0.3, 0.4) is 0 Å². The molecule has 0 amide bonds. The van der Waals surface area contributed by atoms with Gasteiger partial charge in [0.25, 0.3) is 0 Å². The minimum atomic E-state index is -3.53. The van der Waals surface area contributed by atoms with Gasteiger partial charge in [-0.25, -0.2) is 18.1 Å². The molecule has 7 heteroatoms. The van der Waals surface area contributed by atoms with Gasteiger partial charge in [-0.15, -0.1) is 0 Å². The Balaban J connectivity index is 2.87. The van der Waals surface area contributed by atoms with Crippen molar-refractivity contribution < 1.29 is 8.42 Å². The maximum Gasteiger partial charge on any atom is 0.242 e. The van der Waals surface area contributed by atoms with E-state index < -0.39 is 10.0 Å². The summed E-state index contributed by atoms with van der Waals surface area (Å²) in [5.74, 6) is 0. The van der Waals surface area contributed by atoms with E-state index in [4.69, 9.17) is 11.6 Å². The maximum absolute atomic E-state index is 11.6. The molecule has 0 radical (unpaired) electrons. The summed E-state index contributed by atoms with van der Waals surface area (Å²) >= 11 is 8.59. The van der Waals surface area contributed by atoms with Crippen molar-refractivity contribution >= 4 is 37.6 Å². The summed E-state index contributed by atoms with van der Waals surface area (Å²) in [6, 6.07) is 2.80. The lowest BCUT2D eigenvalue weighted by Gasteiger charge is -2.04. The second-order valence-corrected chi connectivity index (χ2v) is 5.93. The average molecular weight is 312 g/mol. The molecule has 0 bridgehead atoms. The van der Waals surface area contributed by atoms with Gasteiger partial charge < -0.3 is 0 Å². The first-order valence-corrected chi connectivity index (χ1v) is 6.52. The van der Waals surface area contributed by atoms with Crippen LogP contribution in [0.15, 0.2) is 34.3 Å². The molecule has 0 aromatic carbocycles. The first kappa shape index (κ1) is 12.6. The largest absolute Gasteiger partial charge is 0.243 e. The Bertz CT molecular complexity index is 458. The van der Waals surface area contributed by atoms with Crippen LogP contribution >= 0.6 is 27.5 Å². The summed E-state index contributed by atoms with van der Waals surface area (Å²) in [5.41, 5.74) is 0. The Morgan fingerprint density at radius 3 is 2.73 bits per heavy atom.